The van der Waals surface area contributed by atoms with E-state index in [1.54, 1.807) is 30.3 Å². The van der Waals surface area contributed by atoms with Crippen molar-refractivity contribution >= 4 is 29.1 Å². The number of nitrogens with zero attached hydrogens (tertiary/aromatic N) is 2. The molecule has 0 radical (unpaired) electrons. The molecule has 1 N–H and O–H groups in total. The summed E-state index contributed by atoms with van der Waals surface area (Å²) >= 11 is 6.33. The van der Waals surface area contributed by atoms with Crippen LogP contribution >= 0.6 is 11.6 Å². The lowest BCUT2D eigenvalue weighted by Gasteiger charge is -2.27. The maximum absolute atomic E-state index is 13.3. The zero-order valence-electron chi connectivity index (χ0n) is 20.6. The van der Waals surface area contributed by atoms with Crippen molar-refractivity contribution in [1.82, 2.24) is 9.80 Å². The number of aliphatic hydroxyl groups excluding tert-OH is 1. The Morgan fingerprint density at radius 1 is 1.11 bits per heavy atom. The van der Waals surface area contributed by atoms with Gasteiger partial charge in [0.2, 0.25) is 0 Å². The lowest BCUT2D eigenvalue weighted by Crippen LogP contribution is -2.32. The van der Waals surface area contributed by atoms with E-state index in [9.17, 15) is 14.7 Å². The van der Waals surface area contributed by atoms with E-state index in [4.69, 9.17) is 25.8 Å². The standard InChI is InChI=1S/C26H31ClN2O6/c1-6-35-19-12-11-16(15-18(19)27)23(30)21-22(17-9-7-10-20(33-4)25(17)34-5)29(26(32)24(21)31)14-8-13-28(2)3/h7,9-12,15,22,30H,6,8,13-14H2,1-5H3/b23-21+/t22-/m1/s1. The van der Waals surface area contributed by atoms with Crippen molar-refractivity contribution in [3.63, 3.8) is 0 Å². The van der Waals surface area contributed by atoms with Crippen LogP contribution in [0.1, 0.15) is 30.5 Å². The second kappa shape index (κ2) is 11.5. The smallest absolute Gasteiger partial charge is 0.295 e. The lowest BCUT2D eigenvalue weighted by atomic mass is 9.94. The van der Waals surface area contributed by atoms with Gasteiger partial charge in [-0.05, 0) is 58.3 Å². The average molecular weight is 503 g/mol. The molecule has 9 heteroatoms. The third kappa shape index (κ3) is 5.39. The van der Waals surface area contributed by atoms with E-state index in [2.05, 4.69) is 0 Å². The SMILES string of the molecule is CCOc1ccc(/C(O)=C2\C(=O)C(=O)N(CCCN(C)C)[C@@H]2c2cccc(OC)c2OC)cc1Cl. The zero-order chi connectivity index (χ0) is 25.7. The van der Waals surface area contributed by atoms with E-state index >= 15 is 0 Å². The molecule has 1 atom stereocenters. The second-order valence-corrected chi connectivity index (χ2v) is 8.72. The summed E-state index contributed by atoms with van der Waals surface area (Å²) in [5, 5.41) is 11.6. The maximum atomic E-state index is 13.3. The number of methoxy groups -OCH3 is 2. The number of hydrogen-bond acceptors (Lipinski definition) is 7. The number of carbonyl (C=O) groups excluding carboxylic acids is 2. The summed E-state index contributed by atoms with van der Waals surface area (Å²) in [5.74, 6) is -0.480. The van der Waals surface area contributed by atoms with E-state index in [-0.39, 0.29) is 16.4 Å². The van der Waals surface area contributed by atoms with Gasteiger partial charge in [-0.2, -0.15) is 0 Å². The van der Waals surface area contributed by atoms with Crippen LogP contribution in [0.2, 0.25) is 5.02 Å². The fourth-order valence-electron chi connectivity index (χ4n) is 4.19. The van der Waals surface area contributed by atoms with Gasteiger partial charge in [-0.15, -0.1) is 0 Å². The van der Waals surface area contributed by atoms with Crippen LogP contribution in [0.15, 0.2) is 42.0 Å². The molecular formula is C26H31ClN2O6. The van der Waals surface area contributed by atoms with Crippen LogP contribution in [-0.2, 0) is 9.59 Å². The van der Waals surface area contributed by atoms with Crippen LogP contribution in [0.3, 0.4) is 0 Å². The van der Waals surface area contributed by atoms with Gasteiger partial charge in [-0.3, -0.25) is 9.59 Å². The first-order valence-electron chi connectivity index (χ1n) is 11.3. The summed E-state index contributed by atoms with van der Waals surface area (Å²) in [6.07, 6.45) is 0.637. The molecule has 0 bridgehead atoms. The van der Waals surface area contributed by atoms with Gasteiger partial charge in [0.05, 0.1) is 37.5 Å². The van der Waals surface area contributed by atoms with Crippen molar-refractivity contribution in [2.75, 3.05) is 48.0 Å². The molecular weight excluding hydrogens is 472 g/mol. The number of aliphatic hydroxyl groups is 1. The summed E-state index contributed by atoms with van der Waals surface area (Å²) < 4.78 is 16.5. The molecule has 1 saturated heterocycles. The number of rotatable bonds is 10. The quantitative estimate of drug-likeness (QED) is 0.297. The summed E-state index contributed by atoms with van der Waals surface area (Å²) in [5.41, 5.74) is 0.803. The summed E-state index contributed by atoms with van der Waals surface area (Å²) in [4.78, 5) is 29.9. The van der Waals surface area contributed by atoms with Crippen molar-refractivity contribution in [3.8, 4) is 17.2 Å². The van der Waals surface area contributed by atoms with Crippen LogP contribution in [-0.4, -0.2) is 74.6 Å². The van der Waals surface area contributed by atoms with E-state index in [1.807, 2.05) is 25.9 Å². The fraction of sp³-hybridized carbons (Fsp3) is 0.385. The number of para-hydroxylation sites is 1. The number of ketones is 1. The molecule has 1 aliphatic rings. The van der Waals surface area contributed by atoms with Gasteiger partial charge in [-0.1, -0.05) is 23.7 Å². The number of halogens is 1. The number of Topliss-reactive ketones (excluding diaryl/α,β-unsaturated/α-hetero) is 1. The molecule has 0 unspecified atom stereocenters. The monoisotopic (exact) mass is 502 g/mol. The third-order valence-electron chi connectivity index (χ3n) is 5.78. The Morgan fingerprint density at radius 2 is 1.86 bits per heavy atom. The highest BCUT2D eigenvalue weighted by Gasteiger charge is 2.47. The molecule has 1 amide bonds. The molecule has 0 aromatic heterocycles. The molecule has 1 fully saturated rings. The average Bonchev–Trinajstić information content (AvgIpc) is 3.09. The van der Waals surface area contributed by atoms with Crippen molar-refractivity contribution in [3.05, 3.63) is 58.1 Å². The molecule has 8 nitrogen and oxygen atoms in total. The van der Waals surface area contributed by atoms with Gasteiger partial charge < -0.3 is 29.1 Å². The zero-order valence-corrected chi connectivity index (χ0v) is 21.4. The molecule has 3 rings (SSSR count). The number of ether oxygens (including phenoxy) is 3. The van der Waals surface area contributed by atoms with Crippen LogP contribution < -0.4 is 14.2 Å². The maximum Gasteiger partial charge on any atom is 0.295 e. The van der Waals surface area contributed by atoms with Crippen molar-refractivity contribution in [2.45, 2.75) is 19.4 Å². The minimum absolute atomic E-state index is 0.0355. The van der Waals surface area contributed by atoms with Gasteiger partial charge in [0.1, 0.15) is 11.5 Å². The number of amides is 1. The molecule has 1 heterocycles. The normalized spacial score (nSPS) is 17.2. The van der Waals surface area contributed by atoms with Crippen LogP contribution in [0, 0.1) is 0 Å². The minimum atomic E-state index is -0.868. The van der Waals surface area contributed by atoms with Gasteiger partial charge in [0, 0.05) is 17.7 Å². The molecule has 1 aliphatic heterocycles. The highest BCUT2D eigenvalue weighted by atomic mass is 35.5. The Labute approximate surface area is 210 Å². The third-order valence-corrected chi connectivity index (χ3v) is 6.07. The predicted octanol–water partition coefficient (Wildman–Crippen LogP) is 4.13. The molecule has 35 heavy (non-hydrogen) atoms. The summed E-state index contributed by atoms with van der Waals surface area (Å²) in [6.45, 7) is 3.30. The number of hydrogen-bond donors (Lipinski definition) is 1. The van der Waals surface area contributed by atoms with E-state index in [1.165, 1.54) is 25.2 Å². The molecule has 0 aliphatic carbocycles. The minimum Gasteiger partial charge on any atom is -0.507 e. The number of likely N-dealkylation sites (tertiary alicyclic amines) is 1. The number of benzene rings is 2. The van der Waals surface area contributed by atoms with Crippen molar-refractivity contribution in [2.24, 2.45) is 0 Å². The van der Waals surface area contributed by atoms with Crippen molar-refractivity contribution < 1.29 is 28.9 Å². The Balaban J connectivity index is 2.19. The fourth-order valence-corrected chi connectivity index (χ4v) is 4.43. The first kappa shape index (κ1) is 26.4. The van der Waals surface area contributed by atoms with Gasteiger partial charge >= 0.3 is 0 Å². The Bertz CT molecular complexity index is 1130. The van der Waals surface area contributed by atoms with Crippen LogP contribution in [0.4, 0.5) is 0 Å². The molecule has 2 aromatic carbocycles. The summed E-state index contributed by atoms with van der Waals surface area (Å²) in [7, 11) is 6.88. The van der Waals surface area contributed by atoms with Crippen LogP contribution in [0.5, 0.6) is 17.2 Å². The molecule has 188 valence electrons. The first-order chi connectivity index (χ1) is 16.7. The predicted molar refractivity (Wildman–Crippen MR) is 134 cm³/mol. The molecule has 0 spiro atoms. The van der Waals surface area contributed by atoms with Gasteiger partial charge in [0.15, 0.2) is 11.5 Å². The van der Waals surface area contributed by atoms with E-state index in [0.717, 1.165) is 6.54 Å². The van der Waals surface area contributed by atoms with Crippen molar-refractivity contribution in [1.29, 1.82) is 0 Å². The molecule has 2 aromatic rings. The highest BCUT2D eigenvalue weighted by molar-refractivity contribution is 6.46. The Morgan fingerprint density at radius 3 is 2.46 bits per heavy atom. The second-order valence-electron chi connectivity index (χ2n) is 8.31. The number of carbonyl (C=O) groups is 2. The summed E-state index contributed by atoms with van der Waals surface area (Å²) in [6, 6.07) is 9.11. The van der Waals surface area contributed by atoms with Crippen LogP contribution in [0.25, 0.3) is 5.76 Å². The highest BCUT2D eigenvalue weighted by Crippen LogP contribution is 2.45. The van der Waals surface area contributed by atoms with Gasteiger partial charge in [-0.25, -0.2) is 0 Å². The topological polar surface area (TPSA) is 88.5 Å². The largest absolute Gasteiger partial charge is 0.507 e. The Hall–Kier alpha value is -3.23. The van der Waals surface area contributed by atoms with E-state index in [0.29, 0.717) is 47.9 Å². The molecule has 0 saturated carbocycles. The first-order valence-corrected chi connectivity index (χ1v) is 11.7. The lowest BCUT2D eigenvalue weighted by molar-refractivity contribution is -0.140. The Kier molecular flexibility index (Phi) is 8.64. The van der Waals surface area contributed by atoms with E-state index < -0.39 is 17.7 Å². The van der Waals surface area contributed by atoms with Gasteiger partial charge in [0.25, 0.3) is 11.7 Å².